The van der Waals surface area contributed by atoms with E-state index in [9.17, 15) is 4.79 Å². The van der Waals surface area contributed by atoms with Gasteiger partial charge in [0.15, 0.2) is 0 Å². The third-order valence-corrected chi connectivity index (χ3v) is 4.61. The Morgan fingerprint density at radius 2 is 1.97 bits per heavy atom. The maximum Gasteiger partial charge on any atom is 0.324 e. The van der Waals surface area contributed by atoms with Crippen molar-refractivity contribution in [1.29, 1.82) is 5.41 Å². The van der Waals surface area contributed by atoms with E-state index in [1.54, 1.807) is 19.1 Å². The van der Waals surface area contributed by atoms with Crippen LogP contribution in [0.15, 0.2) is 22.7 Å². The lowest BCUT2D eigenvalue weighted by atomic mass is 10.1. The maximum absolute atomic E-state index is 10.8. The minimum atomic E-state index is 0.263. The van der Waals surface area contributed by atoms with Crippen molar-refractivity contribution in [3.05, 3.63) is 23.8 Å². The van der Waals surface area contributed by atoms with Crippen LogP contribution in [0.2, 0.25) is 0 Å². The number of methoxy groups -OCH3 is 1. The number of hydrogen-bond acceptors (Lipinski definition) is 9. The van der Waals surface area contributed by atoms with Crippen molar-refractivity contribution in [1.82, 2.24) is 15.0 Å². The van der Waals surface area contributed by atoms with Crippen molar-refractivity contribution in [2.45, 2.75) is 6.04 Å². The Morgan fingerprint density at radius 3 is 2.55 bits per heavy atom. The topological polar surface area (TPSA) is 117 Å². The normalized spacial score (nSPS) is 16.5. The summed E-state index contributed by atoms with van der Waals surface area (Å²) in [4.78, 5) is 19.0. The zero-order chi connectivity index (χ0) is 20.6. The van der Waals surface area contributed by atoms with E-state index in [2.05, 4.69) is 20.2 Å². The van der Waals surface area contributed by atoms with Gasteiger partial charge in [0.1, 0.15) is 0 Å². The van der Waals surface area contributed by atoms with E-state index in [-0.39, 0.29) is 6.04 Å². The van der Waals surface area contributed by atoms with Gasteiger partial charge in [-0.15, -0.1) is 0 Å². The summed E-state index contributed by atoms with van der Waals surface area (Å²) in [6.45, 7) is 3.96. The molecule has 156 valence electrons. The molecule has 2 aliphatic rings. The Bertz CT molecular complexity index is 815. The van der Waals surface area contributed by atoms with Gasteiger partial charge in [0.2, 0.25) is 12.2 Å². The summed E-state index contributed by atoms with van der Waals surface area (Å²) in [6, 6.07) is 6.39. The van der Waals surface area contributed by atoms with E-state index in [1.165, 1.54) is 6.21 Å². The van der Waals surface area contributed by atoms with Crippen molar-refractivity contribution < 1.29 is 18.8 Å². The highest BCUT2D eigenvalue weighted by Crippen LogP contribution is 2.26. The van der Waals surface area contributed by atoms with Gasteiger partial charge in [-0.05, 0) is 6.07 Å². The molecule has 1 amide bonds. The van der Waals surface area contributed by atoms with Gasteiger partial charge in [-0.3, -0.25) is 4.79 Å². The second kappa shape index (κ2) is 9.99. The van der Waals surface area contributed by atoms with Gasteiger partial charge in [0.25, 0.3) is 0 Å². The molecule has 2 aliphatic heterocycles. The van der Waals surface area contributed by atoms with Gasteiger partial charge in [-0.1, -0.05) is 17.3 Å². The molecule has 2 saturated heterocycles. The van der Waals surface area contributed by atoms with Crippen LogP contribution < -0.4 is 10.2 Å². The van der Waals surface area contributed by atoms with Crippen molar-refractivity contribution in [3.8, 4) is 11.4 Å². The number of rotatable bonds is 6. The summed E-state index contributed by atoms with van der Waals surface area (Å²) in [5, 5.41) is 15.0. The first-order valence-electron chi connectivity index (χ1n) is 9.35. The zero-order valence-electron chi connectivity index (χ0n) is 16.6. The Labute approximate surface area is 169 Å². The fourth-order valence-electron chi connectivity index (χ4n) is 2.96. The Morgan fingerprint density at radius 1 is 1.24 bits per heavy atom. The number of ether oxygens (including phenoxy) is 2. The lowest BCUT2D eigenvalue weighted by Gasteiger charge is -2.30. The van der Waals surface area contributed by atoms with E-state index in [4.69, 9.17) is 14.7 Å². The molecule has 1 aromatic carbocycles. The molecule has 0 atom stereocenters. The molecule has 4 rings (SSSR count). The number of hydrogen-bond donors (Lipinski definition) is 2. The number of aromatic nitrogens is 2. The lowest BCUT2D eigenvalue weighted by molar-refractivity contribution is -0.118. The van der Waals surface area contributed by atoms with E-state index >= 15 is 0 Å². The lowest BCUT2D eigenvalue weighted by Crippen LogP contribution is -2.45. The molecule has 0 radical (unpaired) electrons. The van der Waals surface area contributed by atoms with Gasteiger partial charge >= 0.3 is 6.01 Å². The summed E-state index contributed by atoms with van der Waals surface area (Å²) >= 11 is 0. The molecule has 29 heavy (non-hydrogen) atoms. The summed E-state index contributed by atoms with van der Waals surface area (Å²) in [6.07, 6.45) is 2.18. The second-order valence-corrected chi connectivity index (χ2v) is 6.76. The first kappa shape index (κ1) is 20.7. The van der Waals surface area contributed by atoms with Crippen LogP contribution in [-0.4, -0.2) is 87.3 Å². The number of benzene rings is 1. The molecule has 0 saturated carbocycles. The highest BCUT2D eigenvalue weighted by Gasteiger charge is 2.22. The molecule has 2 aromatic rings. The molecule has 1 aromatic heterocycles. The average Bonchev–Trinajstić information content (AvgIpc) is 3.21. The third-order valence-electron chi connectivity index (χ3n) is 4.61. The van der Waals surface area contributed by atoms with Gasteiger partial charge in [-0.2, -0.15) is 4.98 Å². The fraction of sp³-hybridized carbons (Fsp3) is 0.474. The number of nitrogens with one attached hydrogen (secondary N) is 2. The minimum absolute atomic E-state index is 0.263. The molecule has 10 nitrogen and oxygen atoms in total. The third kappa shape index (κ3) is 5.09. The smallest absolute Gasteiger partial charge is 0.324 e. The Kier molecular flexibility index (Phi) is 7.14. The molecular weight excluding hydrogens is 376 g/mol. The molecule has 2 N–H and O–H groups in total. The number of carbonyl (C=O) groups excluding carboxylic acids is 1. The van der Waals surface area contributed by atoms with Gasteiger partial charge < -0.3 is 34.5 Å². The molecule has 2 fully saturated rings. The van der Waals surface area contributed by atoms with Crippen molar-refractivity contribution in [2.75, 3.05) is 63.8 Å². The van der Waals surface area contributed by atoms with Gasteiger partial charge in [0.05, 0.1) is 19.3 Å². The van der Waals surface area contributed by atoms with Crippen molar-refractivity contribution >= 4 is 24.3 Å². The van der Waals surface area contributed by atoms with E-state index in [1.807, 2.05) is 23.1 Å². The van der Waals surface area contributed by atoms with E-state index in [0.717, 1.165) is 23.2 Å². The average molecular weight is 402 g/mol. The maximum atomic E-state index is 10.8. The zero-order valence-corrected chi connectivity index (χ0v) is 16.6. The molecule has 3 heterocycles. The van der Waals surface area contributed by atoms with Crippen LogP contribution in [0, 0.1) is 5.41 Å². The number of anilines is 2. The predicted molar refractivity (Wildman–Crippen MR) is 109 cm³/mol. The fourth-order valence-corrected chi connectivity index (χ4v) is 2.96. The highest BCUT2D eigenvalue weighted by molar-refractivity contribution is 5.87. The Hall–Kier alpha value is -2.98. The number of piperazine rings is 1. The molecule has 0 spiro atoms. The molecule has 0 bridgehead atoms. The van der Waals surface area contributed by atoms with E-state index < -0.39 is 0 Å². The second-order valence-electron chi connectivity index (χ2n) is 6.76. The Balaban J connectivity index is 0.000000755. The molecular formula is C19H26N6O4. The predicted octanol–water partition coefficient (Wildman–Crippen LogP) is 1.09. The summed E-state index contributed by atoms with van der Waals surface area (Å²) in [7, 11) is 3.25. The molecule has 10 heteroatoms. The largest absolute Gasteiger partial charge is 0.388 e. The number of amides is 1. The summed E-state index contributed by atoms with van der Waals surface area (Å²) < 4.78 is 14.9. The quantitative estimate of drug-likeness (QED) is 0.545. The minimum Gasteiger partial charge on any atom is -0.388 e. The first-order valence-corrected chi connectivity index (χ1v) is 9.35. The van der Waals surface area contributed by atoms with Crippen LogP contribution in [0.25, 0.3) is 11.4 Å². The monoisotopic (exact) mass is 402 g/mol. The first-order chi connectivity index (χ1) is 14.2. The molecule has 0 unspecified atom stereocenters. The van der Waals surface area contributed by atoms with Crippen LogP contribution in [0.3, 0.4) is 0 Å². The van der Waals surface area contributed by atoms with Crippen LogP contribution in [0.4, 0.5) is 11.7 Å². The van der Waals surface area contributed by atoms with Gasteiger partial charge in [0, 0.05) is 63.4 Å². The van der Waals surface area contributed by atoms with Crippen molar-refractivity contribution in [2.24, 2.45) is 0 Å². The van der Waals surface area contributed by atoms with Crippen LogP contribution >= 0.6 is 0 Å². The van der Waals surface area contributed by atoms with Crippen LogP contribution in [0.5, 0.6) is 0 Å². The number of nitrogens with zero attached hydrogens (tertiary/aromatic N) is 4. The van der Waals surface area contributed by atoms with Crippen molar-refractivity contribution in [3.63, 3.8) is 0 Å². The summed E-state index contributed by atoms with van der Waals surface area (Å²) in [5.41, 5.74) is 2.48. The molecule has 0 aliphatic carbocycles. The van der Waals surface area contributed by atoms with E-state index in [0.29, 0.717) is 51.2 Å². The number of carbonyl (C=O) groups is 1. The SMILES string of the molecule is COC.N=Cc1ccc(-c2noc(N3CCN(C=O)CC3)n2)cc1NC1COC1. The standard InChI is InChI=1S/C17H20N6O3.C2H6O/c18-8-13-2-1-12(7-15(13)19-14-9-25-10-14)16-20-17(26-21-16)23-5-3-22(11-24)4-6-23;1-3-2/h1-2,7-8,11,14,18-19H,3-6,9-10H2;1-2H3. The van der Waals surface area contributed by atoms with Crippen LogP contribution in [-0.2, 0) is 14.3 Å². The summed E-state index contributed by atoms with van der Waals surface area (Å²) in [5.74, 6) is 0.502. The highest BCUT2D eigenvalue weighted by atomic mass is 16.5. The van der Waals surface area contributed by atoms with Crippen LogP contribution in [0.1, 0.15) is 5.56 Å². The van der Waals surface area contributed by atoms with Gasteiger partial charge in [-0.25, -0.2) is 0 Å².